The molecule has 0 aliphatic rings. The van der Waals surface area contributed by atoms with Crippen molar-refractivity contribution in [2.45, 2.75) is 6.42 Å². The van der Waals surface area contributed by atoms with Gasteiger partial charge in [0, 0.05) is 22.8 Å². The molecule has 4 N–H and O–H groups in total. The number of carbonyl (C=O) groups is 1. The van der Waals surface area contributed by atoms with Gasteiger partial charge in [0.1, 0.15) is 0 Å². The quantitative estimate of drug-likeness (QED) is 0.740. The van der Waals surface area contributed by atoms with E-state index in [2.05, 4.69) is 5.32 Å². The number of anilines is 2. The Hall–Kier alpha value is -1.72. The minimum Gasteiger partial charge on any atom is -0.478 e. The molecule has 0 atom stereocenters. The normalized spacial score (nSPS) is 10.4. The van der Waals surface area contributed by atoms with Crippen LogP contribution in [0.2, 0.25) is 4.34 Å². The van der Waals surface area contributed by atoms with E-state index < -0.39 is 5.97 Å². The molecule has 6 heteroatoms. The highest BCUT2D eigenvalue weighted by molar-refractivity contribution is 7.16. The molecular weight excluding hydrogens is 284 g/mol. The zero-order valence-corrected chi connectivity index (χ0v) is 11.6. The Morgan fingerprint density at radius 1 is 1.37 bits per heavy atom. The van der Waals surface area contributed by atoms with Crippen LogP contribution in [0.1, 0.15) is 15.2 Å². The average Bonchev–Trinajstić information content (AvgIpc) is 2.77. The molecule has 0 saturated carbocycles. The van der Waals surface area contributed by atoms with E-state index in [4.69, 9.17) is 22.4 Å². The molecule has 0 spiro atoms. The smallest absolute Gasteiger partial charge is 0.337 e. The fourth-order valence-electron chi connectivity index (χ4n) is 1.70. The fraction of sp³-hybridized carbons (Fsp3) is 0.154. The first-order valence-electron chi connectivity index (χ1n) is 5.67. The number of benzene rings is 1. The molecule has 1 aromatic carbocycles. The van der Waals surface area contributed by atoms with Crippen LogP contribution in [0.4, 0.5) is 11.4 Å². The summed E-state index contributed by atoms with van der Waals surface area (Å²) in [6.07, 6.45) is 0.792. The van der Waals surface area contributed by atoms with Crippen LogP contribution in [-0.2, 0) is 6.42 Å². The Kier molecular flexibility index (Phi) is 4.29. The van der Waals surface area contributed by atoms with Crippen molar-refractivity contribution in [3.63, 3.8) is 0 Å². The maximum atomic E-state index is 11.1. The van der Waals surface area contributed by atoms with Crippen LogP contribution in [0.25, 0.3) is 0 Å². The molecule has 0 amide bonds. The molecule has 0 aliphatic carbocycles. The van der Waals surface area contributed by atoms with Crippen LogP contribution >= 0.6 is 22.9 Å². The van der Waals surface area contributed by atoms with Crippen molar-refractivity contribution in [3.05, 3.63) is 45.1 Å². The highest BCUT2D eigenvalue weighted by Gasteiger charge is 2.10. The van der Waals surface area contributed by atoms with Crippen LogP contribution in [-0.4, -0.2) is 17.6 Å². The molecule has 0 saturated heterocycles. The van der Waals surface area contributed by atoms with Gasteiger partial charge in [-0.15, -0.1) is 11.3 Å². The second-order valence-corrected chi connectivity index (χ2v) is 5.79. The lowest BCUT2D eigenvalue weighted by atomic mass is 10.1. The summed E-state index contributed by atoms with van der Waals surface area (Å²) in [6, 6.07) is 8.63. The zero-order chi connectivity index (χ0) is 13.8. The van der Waals surface area contributed by atoms with Crippen molar-refractivity contribution in [1.82, 2.24) is 0 Å². The highest BCUT2D eigenvalue weighted by Crippen LogP contribution is 2.22. The predicted octanol–water partition coefficient (Wildman–Crippen LogP) is 3.34. The molecular formula is C13H13ClN2O2S. The number of nitrogens with two attached hydrogens (primary N) is 1. The zero-order valence-electron chi connectivity index (χ0n) is 10.0. The summed E-state index contributed by atoms with van der Waals surface area (Å²) in [5.74, 6) is -0.992. The summed E-state index contributed by atoms with van der Waals surface area (Å²) in [5, 5.41) is 12.2. The lowest BCUT2D eigenvalue weighted by Crippen LogP contribution is -2.09. The number of carboxylic acids is 1. The lowest BCUT2D eigenvalue weighted by Gasteiger charge is -2.09. The van der Waals surface area contributed by atoms with E-state index >= 15 is 0 Å². The van der Waals surface area contributed by atoms with Gasteiger partial charge in [-0.3, -0.25) is 0 Å². The number of nitrogen functional groups attached to an aromatic ring is 1. The molecule has 0 unspecified atom stereocenters. The summed E-state index contributed by atoms with van der Waals surface area (Å²) in [5.41, 5.74) is 6.78. The fourth-order valence-corrected chi connectivity index (χ4v) is 2.79. The Morgan fingerprint density at radius 3 is 2.79 bits per heavy atom. The first kappa shape index (κ1) is 13.7. The molecule has 0 fully saturated rings. The van der Waals surface area contributed by atoms with Crippen molar-refractivity contribution in [1.29, 1.82) is 0 Å². The van der Waals surface area contributed by atoms with E-state index in [-0.39, 0.29) is 5.56 Å². The van der Waals surface area contributed by atoms with Crippen molar-refractivity contribution in [2.75, 3.05) is 17.6 Å². The average molecular weight is 297 g/mol. The maximum Gasteiger partial charge on any atom is 0.337 e. The topological polar surface area (TPSA) is 75.3 Å². The van der Waals surface area contributed by atoms with E-state index in [1.807, 2.05) is 12.1 Å². The number of hydrogen-bond donors (Lipinski definition) is 3. The standard InChI is InChI=1S/C13H13ClN2O2S/c14-12-4-2-9(19-12)5-6-16-11-3-1-8(15)7-10(11)13(17)18/h1-4,7,16H,5-6,15H2,(H,17,18). The van der Waals surface area contributed by atoms with Gasteiger partial charge >= 0.3 is 5.97 Å². The van der Waals surface area contributed by atoms with Crippen LogP contribution in [0.3, 0.4) is 0 Å². The highest BCUT2D eigenvalue weighted by atomic mass is 35.5. The van der Waals surface area contributed by atoms with E-state index in [0.29, 0.717) is 17.9 Å². The van der Waals surface area contributed by atoms with Gasteiger partial charge in [-0.2, -0.15) is 0 Å². The van der Waals surface area contributed by atoms with Crippen molar-refractivity contribution >= 4 is 40.3 Å². The number of thiophene rings is 1. The van der Waals surface area contributed by atoms with Crippen molar-refractivity contribution < 1.29 is 9.90 Å². The third kappa shape index (κ3) is 3.62. The molecule has 4 nitrogen and oxygen atoms in total. The second kappa shape index (κ2) is 5.95. The molecule has 0 radical (unpaired) electrons. The van der Waals surface area contributed by atoms with Crippen LogP contribution in [0, 0.1) is 0 Å². The SMILES string of the molecule is Nc1ccc(NCCc2ccc(Cl)s2)c(C(=O)O)c1. The number of carboxylic acid groups (broad SMARTS) is 1. The molecule has 0 aliphatic heterocycles. The Balaban J connectivity index is 2.01. The van der Waals surface area contributed by atoms with Crippen LogP contribution in [0.15, 0.2) is 30.3 Å². The van der Waals surface area contributed by atoms with Gasteiger partial charge < -0.3 is 16.2 Å². The Labute approximate surface area is 119 Å². The number of hydrogen-bond acceptors (Lipinski definition) is 4. The Morgan fingerprint density at radius 2 is 2.16 bits per heavy atom. The van der Waals surface area contributed by atoms with Gasteiger partial charge in [-0.05, 0) is 36.8 Å². The van der Waals surface area contributed by atoms with Gasteiger partial charge in [0.15, 0.2) is 0 Å². The molecule has 19 heavy (non-hydrogen) atoms. The molecule has 0 bridgehead atoms. The number of aromatic carboxylic acids is 1. The Bertz CT molecular complexity index is 598. The van der Waals surface area contributed by atoms with E-state index in [0.717, 1.165) is 15.6 Å². The number of rotatable bonds is 5. The second-order valence-electron chi connectivity index (χ2n) is 3.99. The first-order valence-corrected chi connectivity index (χ1v) is 6.86. The van der Waals surface area contributed by atoms with Gasteiger partial charge in [0.2, 0.25) is 0 Å². The maximum absolute atomic E-state index is 11.1. The van der Waals surface area contributed by atoms with Crippen molar-refractivity contribution in [2.24, 2.45) is 0 Å². The molecule has 1 heterocycles. The summed E-state index contributed by atoms with van der Waals surface area (Å²) in [4.78, 5) is 12.3. The predicted molar refractivity (Wildman–Crippen MR) is 79.3 cm³/mol. The van der Waals surface area contributed by atoms with Gasteiger partial charge in [-0.25, -0.2) is 4.79 Å². The third-order valence-corrected chi connectivity index (χ3v) is 3.88. The first-order chi connectivity index (χ1) is 9.06. The molecule has 2 rings (SSSR count). The number of nitrogens with one attached hydrogen (secondary N) is 1. The summed E-state index contributed by atoms with van der Waals surface area (Å²) in [6.45, 7) is 0.640. The molecule has 100 valence electrons. The largest absolute Gasteiger partial charge is 0.478 e. The summed E-state index contributed by atoms with van der Waals surface area (Å²) in [7, 11) is 0. The molecule has 2 aromatic rings. The van der Waals surface area contributed by atoms with E-state index in [9.17, 15) is 4.79 Å². The number of halogens is 1. The third-order valence-electron chi connectivity index (χ3n) is 2.59. The van der Waals surface area contributed by atoms with E-state index in [1.54, 1.807) is 12.1 Å². The van der Waals surface area contributed by atoms with E-state index in [1.165, 1.54) is 17.4 Å². The minimum absolute atomic E-state index is 0.184. The molecule has 1 aromatic heterocycles. The minimum atomic E-state index is -0.992. The summed E-state index contributed by atoms with van der Waals surface area (Å²) >= 11 is 7.37. The van der Waals surface area contributed by atoms with Crippen molar-refractivity contribution in [3.8, 4) is 0 Å². The van der Waals surface area contributed by atoms with Crippen LogP contribution < -0.4 is 11.1 Å². The van der Waals surface area contributed by atoms with Crippen LogP contribution in [0.5, 0.6) is 0 Å². The van der Waals surface area contributed by atoms with Gasteiger partial charge in [0.25, 0.3) is 0 Å². The monoisotopic (exact) mass is 296 g/mol. The van der Waals surface area contributed by atoms with Gasteiger partial charge in [0.05, 0.1) is 9.90 Å². The summed E-state index contributed by atoms with van der Waals surface area (Å²) < 4.78 is 0.758. The van der Waals surface area contributed by atoms with Gasteiger partial charge in [-0.1, -0.05) is 11.6 Å². The lowest BCUT2D eigenvalue weighted by molar-refractivity contribution is 0.0698.